The molecule has 0 aliphatic heterocycles. The number of nitrogens with one attached hydrogen (secondary N) is 1. The fourth-order valence-electron chi connectivity index (χ4n) is 1.53. The molecule has 112 valence electrons. The molecule has 0 amide bonds. The summed E-state index contributed by atoms with van der Waals surface area (Å²) in [6.07, 6.45) is 0. The van der Waals surface area contributed by atoms with Crippen LogP contribution in [0.4, 0.5) is 15.8 Å². The zero-order chi connectivity index (χ0) is 15.8. The molecule has 2 aromatic rings. The van der Waals surface area contributed by atoms with E-state index in [1.807, 2.05) is 0 Å². The van der Waals surface area contributed by atoms with Crippen LogP contribution in [0.15, 0.2) is 44.2 Å². The molecular formula is C12H8Br2ClFN2O2S. The number of nitrogens with two attached hydrogens (primary N) is 1. The van der Waals surface area contributed by atoms with E-state index in [2.05, 4.69) is 36.6 Å². The summed E-state index contributed by atoms with van der Waals surface area (Å²) in [6.45, 7) is 0. The fraction of sp³-hybridized carbons (Fsp3) is 0. The van der Waals surface area contributed by atoms with Gasteiger partial charge in [-0.1, -0.05) is 27.5 Å². The highest BCUT2D eigenvalue weighted by Gasteiger charge is 2.22. The van der Waals surface area contributed by atoms with E-state index in [-0.39, 0.29) is 20.9 Å². The normalized spacial score (nSPS) is 11.4. The lowest BCUT2D eigenvalue weighted by Crippen LogP contribution is -2.15. The Labute approximate surface area is 142 Å². The van der Waals surface area contributed by atoms with Crippen molar-refractivity contribution in [2.24, 2.45) is 0 Å². The van der Waals surface area contributed by atoms with Gasteiger partial charge < -0.3 is 5.73 Å². The standard InChI is InChI=1S/C12H8Br2ClFN2O2S/c13-6-1-2-8(15)11(3-6)18-21(19,20)12-5-10(17)7(14)4-9(12)16/h1-5,18H,17H2. The lowest BCUT2D eigenvalue weighted by molar-refractivity contribution is 0.570. The molecule has 21 heavy (non-hydrogen) atoms. The Morgan fingerprint density at radius 3 is 2.52 bits per heavy atom. The van der Waals surface area contributed by atoms with Crippen molar-refractivity contribution < 1.29 is 12.8 Å². The number of hydrogen-bond acceptors (Lipinski definition) is 3. The Morgan fingerprint density at radius 2 is 1.86 bits per heavy atom. The van der Waals surface area contributed by atoms with Crippen LogP contribution >= 0.6 is 43.5 Å². The predicted molar refractivity (Wildman–Crippen MR) is 88.5 cm³/mol. The van der Waals surface area contributed by atoms with E-state index in [9.17, 15) is 12.8 Å². The third-order valence-corrected chi connectivity index (χ3v) is 5.40. The predicted octanol–water partition coefficient (Wildman–Crippen LogP) is 4.39. The number of sulfonamides is 1. The van der Waals surface area contributed by atoms with Gasteiger partial charge in [-0.25, -0.2) is 12.8 Å². The van der Waals surface area contributed by atoms with Crippen molar-refractivity contribution in [3.05, 3.63) is 50.1 Å². The quantitative estimate of drug-likeness (QED) is 0.671. The van der Waals surface area contributed by atoms with Crippen LogP contribution in [0.5, 0.6) is 0 Å². The van der Waals surface area contributed by atoms with Gasteiger partial charge in [0.05, 0.1) is 10.7 Å². The zero-order valence-corrected chi connectivity index (χ0v) is 14.9. The molecule has 2 rings (SSSR count). The molecule has 9 heteroatoms. The van der Waals surface area contributed by atoms with Crippen LogP contribution in [0.25, 0.3) is 0 Å². The van der Waals surface area contributed by atoms with Gasteiger partial charge in [0, 0.05) is 14.6 Å². The van der Waals surface area contributed by atoms with Gasteiger partial charge >= 0.3 is 0 Å². The van der Waals surface area contributed by atoms with Gasteiger partial charge in [0.25, 0.3) is 10.0 Å². The monoisotopic (exact) mass is 456 g/mol. The third kappa shape index (κ3) is 3.68. The van der Waals surface area contributed by atoms with Gasteiger partial charge in [-0.2, -0.15) is 0 Å². The van der Waals surface area contributed by atoms with E-state index in [1.54, 1.807) is 6.07 Å². The maximum atomic E-state index is 13.9. The van der Waals surface area contributed by atoms with E-state index < -0.39 is 20.7 Å². The Hall–Kier alpha value is -0.830. The summed E-state index contributed by atoms with van der Waals surface area (Å²) < 4.78 is 41.5. The van der Waals surface area contributed by atoms with Gasteiger partial charge in [-0.05, 0) is 46.3 Å². The smallest absolute Gasteiger partial charge is 0.264 e. The highest BCUT2D eigenvalue weighted by atomic mass is 79.9. The van der Waals surface area contributed by atoms with Gasteiger partial charge in [0.1, 0.15) is 10.7 Å². The molecule has 2 aromatic carbocycles. The van der Waals surface area contributed by atoms with Crippen LogP contribution in [0.3, 0.4) is 0 Å². The highest BCUT2D eigenvalue weighted by Crippen LogP contribution is 2.30. The van der Waals surface area contributed by atoms with E-state index in [4.69, 9.17) is 17.3 Å². The van der Waals surface area contributed by atoms with Crippen molar-refractivity contribution in [2.75, 3.05) is 10.5 Å². The molecule has 0 fully saturated rings. The molecule has 0 aromatic heterocycles. The molecule has 0 heterocycles. The van der Waals surface area contributed by atoms with Gasteiger partial charge in [0.2, 0.25) is 0 Å². The van der Waals surface area contributed by atoms with E-state index in [0.717, 1.165) is 12.1 Å². The SMILES string of the molecule is Nc1cc(S(=O)(=O)Nc2cc(Br)ccc2Cl)c(F)cc1Br. The molecule has 3 N–H and O–H groups in total. The first-order chi connectivity index (χ1) is 9.70. The average molecular weight is 459 g/mol. The fourth-order valence-corrected chi connectivity index (χ4v) is 3.59. The second-order valence-corrected chi connectivity index (χ2v) is 7.86. The minimum atomic E-state index is -4.15. The first kappa shape index (κ1) is 16.5. The Bertz CT molecular complexity index is 815. The van der Waals surface area contributed by atoms with Crippen LogP contribution in [0, 0.1) is 5.82 Å². The minimum absolute atomic E-state index is 0.108. The van der Waals surface area contributed by atoms with Gasteiger partial charge in [-0.3, -0.25) is 4.72 Å². The van der Waals surface area contributed by atoms with Crippen molar-refractivity contribution in [1.82, 2.24) is 0 Å². The summed E-state index contributed by atoms with van der Waals surface area (Å²) in [6, 6.07) is 6.66. The molecule has 0 unspecified atom stereocenters. The summed E-state index contributed by atoms with van der Waals surface area (Å²) >= 11 is 12.1. The summed E-state index contributed by atoms with van der Waals surface area (Å²) in [5, 5.41) is 0.187. The molecule has 0 aliphatic rings. The van der Waals surface area contributed by atoms with Crippen molar-refractivity contribution >= 4 is 64.9 Å². The Morgan fingerprint density at radius 1 is 1.19 bits per heavy atom. The van der Waals surface area contributed by atoms with E-state index in [1.165, 1.54) is 12.1 Å². The topological polar surface area (TPSA) is 72.2 Å². The first-order valence-electron chi connectivity index (χ1n) is 5.43. The zero-order valence-electron chi connectivity index (χ0n) is 10.2. The lowest BCUT2D eigenvalue weighted by Gasteiger charge is -2.12. The summed E-state index contributed by atoms with van der Waals surface area (Å²) in [5.74, 6) is -0.922. The van der Waals surface area contributed by atoms with Crippen LogP contribution in [-0.2, 0) is 10.0 Å². The number of hydrogen-bond donors (Lipinski definition) is 2. The van der Waals surface area contributed by atoms with Crippen LogP contribution in [0.2, 0.25) is 5.02 Å². The molecule has 0 aliphatic carbocycles. The summed E-state index contributed by atoms with van der Waals surface area (Å²) in [4.78, 5) is -0.556. The van der Waals surface area contributed by atoms with Crippen molar-refractivity contribution in [3.63, 3.8) is 0 Å². The van der Waals surface area contributed by atoms with E-state index in [0.29, 0.717) is 4.47 Å². The molecule has 4 nitrogen and oxygen atoms in total. The maximum absolute atomic E-state index is 13.9. The molecular weight excluding hydrogens is 450 g/mol. The van der Waals surface area contributed by atoms with Crippen LogP contribution in [0.1, 0.15) is 0 Å². The minimum Gasteiger partial charge on any atom is -0.398 e. The van der Waals surface area contributed by atoms with Crippen molar-refractivity contribution in [2.45, 2.75) is 4.90 Å². The van der Waals surface area contributed by atoms with Gasteiger partial charge in [0.15, 0.2) is 0 Å². The van der Waals surface area contributed by atoms with E-state index >= 15 is 0 Å². The van der Waals surface area contributed by atoms with Crippen molar-refractivity contribution in [3.8, 4) is 0 Å². The molecule has 0 saturated heterocycles. The Balaban J connectivity index is 2.48. The first-order valence-corrected chi connectivity index (χ1v) is 8.88. The molecule has 0 radical (unpaired) electrons. The average Bonchev–Trinajstić information content (AvgIpc) is 2.37. The lowest BCUT2D eigenvalue weighted by atomic mass is 10.3. The summed E-state index contributed by atoms with van der Waals surface area (Å²) in [7, 11) is -4.15. The Kier molecular flexibility index (Phi) is 4.82. The third-order valence-electron chi connectivity index (χ3n) is 2.51. The number of nitrogen functional groups attached to an aromatic ring is 1. The highest BCUT2D eigenvalue weighted by molar-refractivity contribution is 9.10. The van der Waals surface area contributed by atoms with Crippen molar-refractivity contribution in [1.29, 1.82) is 0 Å². The molecule has 0 atom stereocenters. The van der Waals surface area contributed by atoms with Gasteiger partial charge in [-0.15, -0.1) is 0 Å². The molecule has 0 bridgehead atoms. The second kappa shape index (κ2) is 6.12. The maximum Gasteiger partial charge on any atom is 0.264 e. The molecule has 0 saturated carbocycles. The number of anilines is 2. The van der Waals surface area contributed by atoms with Crippen LogP contribution < -0.4 is 10.5 Å². The number of benzene rings is 2. The van der Waals surface area contributed by atoms with Crippen LogP contribution in [-0.4, -0.2) is 8.42 Å². The molecule has 0 spiro atoms. The number of rotatable bonds is 3. The summed E-state index contributed by atoms with van der Waals surface area (Å²) in [5.41, 5.74) is 5.83. The largest absolute Gasteiger partial charge is 0.398 e. The number of halogens is 4. The second-order valence-electron chi connectivity index (χ2n) is 4.03.